The lowest BCUT2D eigenvalue weighted by Gasteiger charge is -2.34. The van der Waals surface area contributed by atoms with Crippen molar-refractivity contribution in [1.29, 1.82) is 0 Å². The third-order valence-electron chi connectivity index (χ3n) is 4.40. The highest BCUT2D eigenvalue weighted by Crippen LogP contribution is 2.20. The van der Waals surface area contributed by atoms with Crippen LogP contribution >= 0.6 is 24.8 Å². The molecule has 0 aromatic heterocycles. The SMILES string of the molecule is Cl.Cl.NC(C(=O)NC1CCN(c2ccccc2)CC1)c1ccccc1. The summed E-state index contributed by atoms with van der Waals surface area (Å²) in [6.07, 6.45) is 1.89. The maximum Gasteiger partial charge on any atom is 0.241 e. The summed E-state index contributed by atoms with van der Waals surface area (Å²) in [6.45, 7) is 1.91. The molecule has 2 aromatic rings. The van der Waals surface area contributed by atoms with Gasteiger partial charge in [0.25, 0.3) is 0 Å². The lowest BCUT2D eigenvalue weighted by atomic mass is 10.0. The van der Waals surface area contributed by atoms with Gasteiger partial charge in [-0.3, -0.25) is 4.79 Å². The van der Waals surface area contributed by atoms with Crippen molar-refractivity contribution in [3.63, 3.8) is 0 Å². The Morgan fingerprint density at radius 1 is 0.960 bits per heavy atom. The first-order valence-corrected chi connectivity index (χ1v) is 8.15. The monoisotopic (exact) mass is 381 g/mol. The zero-order chi connectivity index (χ0) is 16.1. The molecule has 4 nitrogen and oxygen atoms in total. The average Bonchev–Trinajstić information content (AvgIpc) is 2.63. The van der Waals surface area contributed by atoms with Crippen LogP contribution in [0.1, 0.15) is 24.4 Å². The molecule has 1 aliphatic heterocycles. The van der Waals surface area contributed by atoms with E-state index in [1.165, 1.54) is 5.69 Å². The minimum Gasteiger partial charge on any atom is -0.371 e. The summed E-state index contributed by atoms with van der Waals surface area (Å²) in [4.78, 5) is 14.7. The molecule has 1 aliphatic rings. The number of hydrogen-bond acceptors (Lipinski definition) is 3. The van der Waals surface area contributed by atoms with Crippen molar-refractivity contribution in [2.75, 3.05) is 18.0 Å². The van der Waals surface area contributed by atoms with Gasteiger partial charge in [0, 0.05) is 24.8 Å². The number of halogens is 2. The molecule has 3 rings (SSSR count). The Morgan fingerprint density at radius 2 is 1.48 bits per heavy atom. The highest BCUT2D eigenvalue weighted by atomic mass is 35.5. The molecule has 2 aromatic carbocycles. The number of nitrogens with zero attached hydrogens (tertiary/aromatic N) is 1. The second-order valence-corrected chi connectivity index (χ2v) is 5.99. The van der Waals surface area contributed by atoms with E-state index in [0.29, 0.717) is 0 Å². The lowest BCUT2D eigenvalue weighted by molar-refractivity contribution is -0.123. The van der Waals surface area contributed by atoms with Gasteiger partial charge in [-0.15, -0.1) is 24.8 Å². The fraction of sp³-hybridized carbons (Fsp3) is 0.316. The van der Waals surface area contributed by atoms with E-state index in [4.69, 9.17) is 5.73 Å². The molecule has 25 heavy (non-hydrogen) atoms. The molecule has 3 N–H and O–H groups in total. The van der Waals surface area contributed by atoms with Crippen LogP contribution in [0.15, 0.2) is 60.7 Å². The molecule has 0 bridgehead atoms. The van der Waals surface area contributed by atoms with E-state index in [2.05, 4.69) is 34.5 Å². The Hall–Kier alpha value is -1.75. The molecule has 0 saturated carbocycles. The summed E-state index contributed by atoms with van der Waals surface area (Å²) in [6, 6.07) is 19.5. The summed E-state index contributed by atoms with van der Waals surface area (Å²) in [5.41, 5.74) is 8.15. The maximum absolute atomic E-state index is 12.3. The summed E-state index contributed by atoms with van der Waals surface area (Å²) in [5, 5.41) is 3.10. The summed E-state index contributed by atoms with van der Waals surface area (Å²) in [7, 11) is 0. The number of carbonyl (C=O) groups is 1. The Labute approximate surface area is 161 Å². The number of carbonyl (C=O) groups excluding carboxylic acids is 1. The molecule has 1 amide bonds. The number of hydrogen-bond donors (Lipinski definition) is 2. The van der Waals surface area contributed by atoms with Gasteiger partial charge in [0.1, 0.15) is 6.04 Å². The number of piperidine rings is 1. The number of amides is 1. The predicted molar refractivity (Wildman–Crippen MR) is 108 cm³/mol. The van der Waals surface area contributed by atoms with E-state index in [1.807, 2.05) is 36.4 Å². The van der Waals surface area contributed by atoms with Crippen molar-refractivity contribution < 1.29 is 4.79 Å². The Bertz CT molecular complexity index is 632. The standard InChI is InChI=1S/C19H23N3O.2ClH/c20-18(15-7-3-1-4-8-15)19(23)21-16-11-13-22(14-12-16)17-9-5-2-6-10-17;;/h1-10,16,18H,11-14,20H2,(H,21,23);2*1H. The molecule has 1 heterocycles. The van der Waals surface area contributed by atoms with Crippen LogP contribution in [-0.2, 0) is 4.79 Å². The van der Waals surface area contributed by atoms with Crippen molar-refractivity contribution in [2.24, 2.45) is 5.73 Å². The van der Waals surface area contributed by atoms with Gasteiger partial charge in [-0.1, -0.05) is 48.5 Å². The average molecular weight is 382 g/mol. The van der Waals surface area contributed by atoms with Gasteiger partial charge in [0.15, 0.2) is 0 Å². The van der Waals surface area contributed by atoms with Crippen LogP contribution in [0.5, 0.6) is 0 Å². The fourth-order valence-electron chi connectivity index (χ4n) is 3.02. The molecule has 1 saturated heterocycles. The first-order chi connectivity index (χ1) is 11.2. The van der Waals surface area contributed by atoms with Crippen molar-refractivity contribution in [2.45, 2.75) is 24.9 Å². The first kappa shape index (κ1) is 21.3. The fourth-order valence-corrected chi connectivity index (χ4v) is 3.02. The van der Waals surface area contributed by atoms with Gasteiger partial charge in [-0.05, 0) is 30.5 Å². The Balaban J connectivity index is 0.00000156. The molecule has 0 aliphatic carbocycles. The van der Waals surface area contributed by atoms with Gasteiger partial charge in [-0.25, -0.2) is 0 Å². The van der Waals surface area contributed by atoms with Crippen molar-refractivity contribution >= 4 is 36.4 Å². The predicted octanol–water partition coefficient (Wildman–Crippen LogP) is 3.32. The molecule has 0 radical (unpaired) electrons. The van der Waals surface area contributed by atoms with E-state index in [1.54, 1.807) is 0 Å². The van der Waals surface area contributed by atoms with Crippen LogP contribution in [-0.4, -0.2) is 25.0 Å². The van der Waals surface area contributed by atoms with Gasteiger partial charge in [0.05, 0.1) is 0 Å². The van der Waals surface area contributed by atoms with Crippen LogP contribution in [0.25, 0.3) is 0 Å². The number of nitrogens with two attached hydrogens (primary N) is 1. The lowest BCUT2D eigenvalue weighted by Crippen LogP contribution is -2.47. The minimum atomic E-state index is -0.594. The zero-order valence-corrected chi connectivity index (χ0v) is 15.6. The van der Waals surface area contributed by atoms with E-state index in [9.17, 15) is 4.79 Å². The van der Waals surface area contributed by atoms with Crippen LogP contribution in [0.4, 0.5) is 5.69 Å². The molecule has 0 spiro atoms. The van der Waals surface area contributed by atoms with Gasteiger partial charge in [0.2, 0.25) is 5.91 Å². The molecule has 1 unspecified atom stereocenters. The largest absolute Gasteiger partial charge is 0.371 e. The van der Waals surface area contributed by atoms with Gasteiger partial charge >= 0.3 is 0 Å². The second-order valence-electron chi connectivity index (χ2n) is 5.99. The van der Waals surface area contributed by atoms with Crippen LogP contribution in [0.2, 0.25) is 0 Å². The maximum atomic E-state index is 12.3. The van der Waals surface area contributed by atoms with Crippen molar-refractivity contribution in [1.82, 2.24) is 5.32 Å². The number of nitrogens with one attached hydrogen (secondary N) is 1. The van der Waals surface area contributed by atoms with Gasteiger partial charge in [-0.2, -0.15) is 0 Å². The smallest absolute Gasteiger partial charge is 0.241 e. The molecule has 6 heteroatoms. The van der Waals surface area contributed by atoms with E-state index < -0.39 is 6.04 Å². The van der Waals surface area contributed by atoms with E-state index >= 15 is 0 Å². The number of rotatable bonds is 4. The first-order valence-electron chi connectivity index (χ1n) is 8.15. The van der Waals surface area contributed by atoms with Gasteiger partial charge < -0.3 is 16.0 Å². The van der Waals surface area contributed by atoms with Crippen molar-refractivity contribution in [3.8, 4) is 0 Å². The topological polar surface area (TPSA) is 58.4 Å². The number of para-hydroxylation sites is 1. The normalized spacial score (nSPS) is 15.5. The third kappa shape index (κ3) is 5.63. The van der Waals surface area contributed by atoms with E-state index in [0.717, 1.165) is 31.5 Å². The Morgan fingerprint density at radius 3 is 2.04 bits per heavy atom. The molecular formula is C19H25Cl2N3O. The molecule has 136 valence electrons. The third-order valence-corrected chi connectivity index (χ3v) is 4.40. The highest BCUT2D eigenvalue weighted by molar-refractivity contribution is 5.85. The van der Waals surface area contributed by atoms with Crippen molar-refractivity contribution in [3.05, 3.63) is 66.2 Å². The minimum absolute atomic E-state index is 0. The molecule has 1 atom stereocenters. The number of anilines is 1. The van der Waals surface area contributed by atoms with Crippen LogP contribution in [0, 0.1) is 0 Å². The highest BCUT2D eigenvalue weighted by Gasteiger charge is 2.23. The summed E-state index contributed by atoms with van der Waals surface area (Å²) < 4.78 is 0. The second kappa shape index (κ2) is 10.3. The summed E-state index contributed by atoms with van der Waals surface area (Å²) >= 11 is 0. The Kier molecular flexibility index (Phi) is 8.76. The molecule has 1 fully saturated rings. The zero-order valence-electron chi connectivity index (χ0n) is 14.0. The quantitative estimate of drug-likeness (QED) is 0.853. The van der Waals surface area contributed by atoms with Crippen LogP contribution < -0.4 is 16.0 Å². The summed E-state index contributed by atoms with van der Waals surface area (Å²) in [5.74, 6) is -0.0886. The van der Waals surface area contributed by atoms with E-state index in [-0.39, 0.29) is 36.8 Å². The number of benzene rings is 2. The van der Waals surface area contributed by atoms with Crippen LogP contribution in [0.3, 0.4) is 0 Å². The molecular weight excluding hydrogens is 357 g/mol.